The molecule has 0 radical (unpaired) electrons. The zero-order valence-corrected chi connectivity index (χ0v) is 18.8. The number of halogens is 1. The van der Waals surface area contributed by atoms with Crippen molar-refractivity contribution < 1.29 is 9.18 Å². The van der Waals surface area contributed by atoms with Gasteiger partial charge in [0.2, 0.25) is 5.91 Å². The Morgan fingerprint density at radius 3 is 2.47 bits per heavy atom. The lowest BCUT2D eigenvalue weighted by atomic mass is 10.2. The van der Waals surface area contributed by atoms with Gasteiger partial charge in [-0.15, -0.1) is 0 Å². The molecule has 1 aliphatic rings. The minimum absolute atomic E-state index is 0.0161. The van der Waals surface area contributed by atoms with E-state index < -0.39 is 17.1 Å². The first-order valence-corrected chi connectivity index (χ1v) is 11.5. The summed E-state index contributed by atoms with van der Waals surface area (Å²) in [5.41, 5.74) is -0.487. The van der Waals surface area contributed by atoms with Gasteiger partial charge in [-0.2, -0.15) is 0 Å². The SMILES string of the molecule is Cn1c(=O)c2c(SCC(=O)N3CCCCCC3)nc(-c3cccc(F)c3)nc2n(C)c1=O. The lowest BCUT2D eigenvalue weighted by Gasteiger charge is -2.20. The third kappa shape index (κ3) is 4.32. The maximum atomic E-state index is 13.8. The van der Waals surface area contributed by atoms with Gasteiger partial charge in [0.1, 0.15) is 16.2 Å². The summed E-state index contributed by atoms with van der Waals surface area (Å²) in [7, 11) is 2.91. The monoisotopic (exact) mass is 457 g/mol. The molecule has 1 aliphatic heterocycles. The van der Waals surface area contributed by atoms with Crippen LogP contribution in [0, 0.1) is 5.82 Å². The van der Waals surface area contributed by atoms with Crippen molar-refractivity contribution in [1.82, 2.24) is 24.0 Å². The Bertz CT molecular complexity index is 1300. The summed E-state index contributed by atoms with van der Waals surface area (Å²) in [6, 6.07) is 5.79. The fraction of sp³-hybridized carbons (Fsp3) is 0.409. The molecule has 10 heteroatoms. The van der Waals surface area contributed by atoms with E-state index in [1.54, 1.807) is 6.07 Å². The fourth-order valence-electron chi connectivity index (χ4n) is 3.83. The van der Waals surface area contributed by atoms with Crippen LogP contribution in [-0.2, 0) is 18.9 Å². The summed E-state index contributed by atoms with van der Waals surface area (Å²) in [4.78, 5) is 48.9. The number of fused-ring (bicyclic) bond motifs is 1. The van der Waals surface area contributed by atoms with Crippen LogP contribution in [0.1, 0.15) is 25.7 Å². The van der Waals surface area contributed by atoms with E-state index in [-0.39, 0.29) is 28.5 Å². The Morgan fingerprint density at radius 2 is 1.78 bits per heavy atom. The van der Waals surface area contributed by atoms with Crippen LogP contribution in [-0.4, -0.2) is 48.8 Å². The highest BCUT2D eigenvalue weighted by molar-refractivity contribution is 8.00. The quantitative estimate of drug-likeness (QED) is 0.441. The number of nitrogens with zero attached hydrogens (tertiary/aromatic N) is 5. The number of benzene rings is 1. The van der Waals surface area contributed by atoms with E-state index >= 15 is 0 Å². The molecule has 3 heterocycles. The third-order valence-electron chi connectivity index (χ3n) is 5.64. The molecule has 3 aromatic rings. The van der Waals surface area contributed by atoms with Crippen LogP contribution in [0.2, 0.25) is 0 Å². The average molecular weight is 458 g/mol. The molecule has 168 valence electrons. The summed E-state index contributed by atoms with van der Waals surface area (Å²) in [5, 5.41) is 0.469. The highest BCUT2D eigenvalue weighted by Crippen LogP contribution is 2.27. The Balaban J connectivity index is 1.79. The second kappa shape index (κ2) is 9.23. The molecule has 8 nitrogen and oxygen atoms in total. The lowest BCUT2D eigenvalue weighted by molar-refractivity contribution is -0.128. The second-order valence-corrected chi connectivity index (χ2v) is 8.81. The van der Waals surface area contributed by atoms with E-state index in [1.807, 2.05) is 4.90 Å². The predicted molar refractivity (Wildman–Crippen MR) is 121 cm³/mol. The molecule has 1 amide bonds. The van der Waals surface area contributed by atoms with Crippen molar-refractivity contribution in [2.24, 2.45) is 14.1 Å². The minimum Gasteiger partial charge on any atom is -0.342 e. The average Bonchev–Trinajstić information content (AvgIpc) is 3.09. The molecular weight excluding hydrogens is 433 g/mol. The molecule has 0 unspecified atom stereocenters. The van der Waals surface area contributed by atoms with Gasteiger partial charge in [0, 0.05) is 32.7 Å². The maximum Gasteiger partial charge on any atom is 0.332 e. The van der Waals surface area contributed by atoms with Gasteiger partial charge in [-0.3, -0.25) is 18.7 Å². The van der Waals surface area contributed by atoms with Crippen LogP contribution in [0.5, 0.6) is 0 Å². The molecule has 0 spiro atoms. The van der Waals surface area contributed by atoms with Crippen molar-refractivity contribution in [3.05, 3.63) is 50.9 Å². The van der Waals surface area contributed by atoms with Gasteiger partial charge in [-0.1, -0.05) is 36.7 Å². The highest BCUT2D eigenvalue weighted by Gasteiger charge is 2.21. The van der Waals surface area contributed by atoms with Gasteiger partial charge in [-0.05, 0) is 25.0 Å². The number of thioether (sulfide) groups is 1. The van der Waals surface area contributed by atoms with E-state index in [9.17, 15) is 18.8 Å². The lowest BCUT2D eigenvalue weighted by Crippen LogP contribution is -2.38. The van der Waals surface area contributed by atoms with Crippen LogP contribution in [0.4, 0.5) is 4.39 Å². The number of rotatable bonds is 4. The molecule has 1 fully saturated rings. The van der Waals surface area contributed by atoms with E-state index in [0.717, 1.165) is 55.1 Å². The Labute approximate surface area is 188 Å². The van der Waals surface area contributed by atoms with Crippen molar-refractivity contribution in [3.8, 4) is 11.4 Å². The molecule has 0 bridgehead atoms. The molecular formula is C22H24FN5O3S. The van der Waals surface area contributed by atoms with Crippen molar-refractivity contribution in [1.29, 1.82) is 0 Å². The van der Waals surface area contributed by atoms with E-state index in [2.05, 4.69) is 9.97 Å². The van der Waals surface area contributed by atoms with Crippen molar-refractivity contribution in [2.75, 3.05) is 18.8 Å². The first kappa shape index (κ1) is 22.2. The van der Waals surface area contributed by atoms with Gasteiger partial charge in [0.25, 0.3) is 5.56 Å². The molecule has 1 aromatic carbocycles. The summed E-state index contributed by atoms with van der Waals surface area (Å²) < 4.78 is 16.1. The number of hydrogen-bond donors (Lipinski definition) is 0. The van der Waals surface area contributed by atoms with Gasteiger partial charge < -0.3 is 4.90 Å². The first-order valence-electron chi connectivity index (χ1n) is 10.5. The molecule has 1 saturated heterocycles. The highest BCUT2D eigenvalue weighted by atomic mass is 32.2. The zero-order valence-electron chi connectivity index (χ0n) is 18.0. The second-order valence-electron chi connectivity index (χ2n) is 7.85. The first-order chi connectivity index (χ1) is 15.4. The Hall–Kier alpha value is -3.01. The Kier molecular flexibility index (Phi) is 6.40. The van der Waals surface area contributed by atoms with Crippen LogP contribution < -0.4 is 11.2 Å². The predicted octanol–water partition coefficient (Wildman–Crippen LogP) is 2.33. The van der Waals surface area contributed by atoms with E-state index in [4.69, 9.17) is 0 Å². The fourth-order valence-corrected chi connectivity index (χ4v) is 4.75. The molecule has 32 heavy (non-hydrogen) atoms. The number of likely N-dealkylation sites (tertiary alicyclic amines) is 1. The Morgan fingerprint density at radius 1 is 1.06 bits per heavy atom. The molecule has 4 rings (SSSR count). The number of carbonyl (C=O) groups excluding carboxylic acids is 1. The van der Waals surface area contributed by atoms with Crippen molar-refractivity contribution in [3.63, 3.8) is 0 Å². The van der Waals surface area contributed by atoms with Crippen molar-refractivity contribution >= 4 is 28.7 Å². The summed E-state index contributed by atoms with van der Waals surface area (Å²) in [6.45, 7) is 1.46. The van der Waals surface area contributed by atoms with Crippen LogP contribution >= 0.6 is 11.8 Å². The molecule has 0 N–H and O–H groups in total. The van der Waals surface area contributed by atoms with Gasteiger partial charge in [0.05, 0.1) is 5.75 Å². The van der Waals surface area contributed by atoms with Gasteiger partial charge in [0.15, 0.2) is 11.5 Å². The number of amides is 1. The topological polar surface area (TPSA) is 90.1 Å². The maximum absolute atomic E-state index is 13.8. The summed E-state index contributed by atoms with van der Waals surface area (Å²) >= 11 is 1.14. The van der Waals surface area contributed by atoms with Crippen molar-refractivity contribution in [2.45, 2.75) is 30.7 Å². The zero-order chi connectivity index (χ0) is 22.8. The van der Waals surface area contributed by atoms with E-state index in [0.29, 0.717) is 10.6 Å². The van der Waals surface area contributed by atoms with Crippen LogP contribution in [0.3, 0.4) is 0 Å². The standard InChI is InChI=1S/C22H24FN5O3S/c1-26-19-17(21(30)27(2)22(26)31)20(25-18(24-19)14-8-7-9-15(23)12-14)32-13-16(29)28-10-5-3-4-6-11-28/h7-9,12H,3-6,10-11,13H2,1-2H3. The minimum atomic E-state index is -0.529. The largest absolute Gasteiger partial charge is 0.342 e. The molecule has 0 atom stereocenters. The number of hydrogen-bond acceptors (Lipinski definition) is 6. The normalized spacial score (nSPS) is 14.5. The van der Waals surface area contributed by atoms with Gasteiger partial charge >= 0.3 is 5.69 Å². The number of aromatic nitrogens is 4. The summed E-state index contributed by atoms with van der Waals surface area (Å²) in [5.74, 6) is -0.169. The molecule has 0 saturated carbocycles. The number of aryl methyl sites for hydroxylation is 1. The number of carbonyl (C=O) groups is 1. The van der Waals surface area contributed by atoms with Crippen LogP contribution in [0.25, 0.3) is 22.4 Å². The smallest absolute Gasteiger partial charge is 0.332 e. The van der Waals surface area contributed by atoms with E-state index in [1.165, 1.54) is 36.9 Å². The molecule has 2 aromatic heterocycles. The third-order valence-corrected chi connectivity index (χ3v) is 6.60. The van der Waals surface area contributed by atoms with Gasteiger partial charge in [-0.25, -0.2) is 19.2 Å². The molecule has 0 aliphatic carbocycles. The van der Waals surface area contributed by atoms with Crippen LogP contribution in [0.15, 0.2) is 38.9 Å². The summed E-state index contributed by atoms with van der Waals surface area (Å²) in [6.07, 6.45) is 4.21.